The third-order valence-corrected chi connectivity index (χ3v) is 5.15. The molecule has 8 nitrogen and oxygen atoms in total. The van der Waals surface area contributed by atoms with Crippen molar-refractivity contribution in [2.24, 2.45) is 5.73 Å². The number of urea groups is 1. The Kier molecular flexibility index (Phi) is 4.63. The Morgan fingerprint density at radius 1 is 1.00 bits per heavy atom. The number of primary amides is 1. The Morgan fingerprint density at radius 2 is 1.78 bits per heavy atom. The molecular formula is C23H17FN6O2. The van der Waals surface area contributed by atoms with E-state index in [9.17, 15) is 14.0 Å². The molecule has 0 unspecified atom stereocenters. The topological polar surface area (TPSA) is 107 Å². The van der Waals surface area contributed by atoms with Crippen molar-refractivity contribution < 1.29 is 9.18 Å². The first kappa shape index (κ1) is 19.4. The lowest BCUT2D eigenvalue weighted by molar-refractivity contribution is 0.259. The summed E-state index contributed by atoms with van der Waals surface area (Å²) < 4.78 is 16.8. The summed E-state index contributed by atoms with van der Waals surface area (Å²) in [5.74, 6) is 0.490. The number of hydrogen-bond donors (Lipinski definition) is 2. The summed E-state index contributed by atoms with van der Waals surface area (Å²) in [6, 6.07) is 19.5. The van der Waals surface area contributed by atoms with E-state index in [1.807, 2.05) is 18.2 Å². The second kappa shape index (κ2) is 7.62. The van der Waals surface area contributed by atoms with Gasteiger partial charge in [-0.2, -0.15) is 0 Å². The maximum absolute atomic E-state index is 13.4. The van der Waals surface area contributed by atoms with E-state index in [-0.39, 0.29) is 17.9 Å². The number of hydrogen-bond acceptors (Lipinski definition) is 4. The first-order chi connectivity index (χ1) is 15.5. The fourth-order valence-electron chi connectivity index (χ4n) is 3.76. The zero-order chi connectivity index (χ0) is 22.2. The summed E-state index contributed by atoms with van der Waals surface area (Å²) in [5, 5.41) is 11.6. The van der Waals surface area contributed by atoms with Crippen molar-refractivity contribution >= 4 is 28.4 Å². The first-order valence-corrected chi connectivity index (χ1v) is 9.79. The number of para-hydroxylation sites is 1. The predicted octanol–water partition coefficient (Wildman–Crippen LogP) is 3.39. The molecule has 9 heteroatoms. The van der Waals surface area contributed by atoms with Crippen LogP contribution in [0.25, 0.3) is 28.1 Å². The quantitative estimate of drug-likeness (QED) is 0.457. The third-order valence-electron chi connectivity index (χ3n) is 5.15. The van der Waals surface area contributed by atoms with Crippen LogP contribution in [0.4, 0.5) is 14.9 Å². The van der Waals surface area contributed by atoms with Gasteiger partial charge in [0.15, 0.2) is 5.82 Å². The molecule has 0 saturated carbocycles. The van der Waals surface area contributed by atoms with Crippen LogP contribution in [0, 0.1) is 5.82 Å². The number of carbonyl (C=O) groups is 1. The largest absolute Gasteiger partial charge is 0.351 e. The van der Waals surface area contributed by atoms with Gasteiger partial charge in [-0.25, -0.2) is 9.18 Å². The minimum absolute atomic E-state index is 0.197. The van der Waals surface area contributed by atoms with E-state index in [1.165, 1.54) is 16.7 Å². The van der Waals surface area contributed by atoms with E-state index in [4.69, 9.17) is 5.73 Å². The number of amides is 2. The Hall–Kier alpha value is -4.53. The fourth-order valence-corrected chi connectivity index (χ4v) is 3.76. The third kappa shape index (κ3) is 3.35. The van der Waals surface area contributed by atoms with E-state index in [1.54, 1.807) is 46.9 Å². The summed E-state index contributed by atoms with van der Waals surface area (Å²) in [6.07, 6.45) is 0. The van der Waals surface area contributed by atoms with Gasteiger partial charge in [-0.3, -0.25) is 13.8 Å². The number of fused-ring (bicyclic) bond motifs is 3. The molecule has 5 aromatic rings. The van der Waals surface area contributed by atoms with E-state index in [0.717, 1.165) is 5.56 Å². The normalized spacial score (nSPS) is 11.2. The zero-order valence-electron chi connectivity index (χ0n) is 16.7. The van der Waals surface area contributed by atoms with Crippen LogP contribution in [-0.4, -0.2) is 25.2 Å². The van der Waals surface area contributed by atoms with Crippen LogP contribution in [-0.2, 0) is 6.54 Å². The van der Waals surface area contributed by atoms with Crippen LogP contribution in [0.15, 0.2) is 77.6 Å². The van der Waals surface area contributed by atoms with Gasteiger partial charge in [-0.1, -0.05) is 24.3 Å². The Bertz CT molecular complexity index is 1540. The number of carbonyl (C=O) groups excluding carboxylic acids is 1. The predicted molar refractivity (Wildman–Crippen MR) is 119 cm³/mol. The monoisotopic (exact) mass is 428 g/mol. The van der Waals surface area contributed by atoms with Gasteiger partial charge >= 0.3 is 6.03 Å². The highest BCUT2D eigenvalue weighted by molar-refractivity contribution is 5.87. The van der Waals surface area contributed by atoms with E-state index >= 15 is 0 Å². The molecular weight excluding hydrogens is 411 g/mol. The molecule has 2 amide bonds. The Balaban J connectivity index is 1.73. The van der Waals surface area contributed by atoms with Gasteiger partial charge in [-0.15, -0.1) is 10.2 Å². The lowest BCUT2D eigenvalue weighted by atomic mass is 10.2. The average Bonchev–Trinajstić information content (AvgIpc) is 3.22. The molecule has 0 fully saturated rings. The maximum Gasteiger partial charge on any atom is 0.316 e. The number of halogens is 1. The number of nitrogens with one attached hydrogen (secondary N) is 1. The van der Waals surface area contributed by atoms with Gasteiger partial charge in [0.2, 0.25) is 5.78 Å². The first-order valence-electron chi connectivity index (χ1n) is 9.79. The van der Waals surface area contributed by atoms with Crippen molar-refractivity contribution in [2.75, 3.05) is 5.32 Å². The van der Waals surface area contributed by atoms with Crippen molar-refractivity contribution in [3.05, 3.63) is 94.5 Å². The molecule has 3 N–H and O–H groups in total. The van der Waals surface area contributed by atoms with Gasteiger partial charge in [0.25, 0.3) is 5.56 Å². The summed E-state index contributed by atoms with van der Waals surface area (Å²) >= 11 is 0. The molecule has 0 bridgehead atoms. The number of rotatable bonds is 4. The van der Waals surface area contributed by atoms with Gasteiger partial charge in [-0.05, 0) is 54.1 Å². The van der Waals surface area contributed by atoms with Gasteiger partial charge in [0, 0.05) is 11.3 Å². The number of nitrogens with zero attached hydrogens (tertiary/aromatic N) is 4. The van der Waals surface area contributed by atoms with Crippen molar-refractivity contribution in [1.29, 1.82) is 0 Å². The molecule has 2 heterocycles. The van der Waals surface area contributed by atoms with Crippen LogP contribution in [0.5, 0.6) is 0 Å². The Labute approximate surface area is 180 Å². The average molecular weight is 428 g/mol. The van der Waals surface area contributed by atoms with Gasteiger partial charge < -0.3 is 11.1 Å². The van der Waals surface area contributed by atoms with E-state index in [2.05, 4.69) is 15.5 Å². The molecule has 0 aliphatic carbocycles. The van der Waals surface area contributed by atoms with Crippen molar-refractivity contribution in [2.45, 2.75) is 6.54 Å². The molecule has 32 heavy (non-hydrogen) atoms. The van der Waals surface area contributed by atoms with Crippen molar-refractivity contribution in [1.82, 2.24) is 19.2 Å². The molecule has 2 aromatic heterocycles. The highest BCUT2D eigenvalue weighted by atomic mass is 19.1. The minimum Gasteiger partial charge on any atom is -0.351 e. The van der Waals surface area contributed by atoms with Gasteiger partial charge in [0.1, 0.15) is 5.82 Å². The smallest absolute Gasteiger partial charge is 0.316 e. The van der Waals surface area contributed by atoms with E-state index < -0.39 is 6.03 Å². The second-order valence-electron chi connectivity index (χ2n) is 7.26. The summed E-state index contributed by atoms with van der Waals surface area (Å²) in [5.41, 5.74) is 7.59. The molecule has 0 aliphatic heterocycles. The highest BCUT2D eigenvalue weighted by Gasteiger charge is 2.18. The summed E-state index contributed by atoms with van der Waals surface area (Å²) in [7, 11) is 0. The zero-order valence-corrected chi connectivity index (χ0v) is 16.7. The van der Waals surface area contributed by atoms with Crippen LogP contribution >= 0.6 is 0 Å². The molecule has 0 saturated heterocycles. The van der Waals surface area contributed by atoms with Crippen LogP contribution in [0.3, 0.4) is 0 Å². The lowest BCUT2D eigenvalue weighted by Crippen LogP contribution is -2.24. The van der Waals surface area contributed by atoms with Crippen LogP contribution in [0.2, 0.25) is 0 Å². The van der Waals surface area contributed by atoms with Crippen LogP contribution in [0.1, 0.15) is 5.56 Å². The molecule has 0 aliphatic rings. The second-order valence-corrected chi connectivity index (χ2v) is 7.26. The van der Waals surface area contributed by atoms with Crippen molar-refractivity contribution in [3.8, 4) is 11.4 Å². The highest BCUT2D eigenvalue weighted by Crippen LogP contribution is 2.23. The minimum atomic E-state index is -0.672. The molecule has 3 aromatic carbocycles. The lowest BCUT2D eigenvalue weighted by Gasteiger charge is -2.12. The number of nitrogens with two attached hydrogens (primary N) is 1. The van der Waals surface area contributed by atoms with Crippen LogP contribution < -0.4 is 16.6 Å². The SMILES string of the molecule is NC(=O)Nc1cccc(Cn2c(=O)c3ccccc3n3c(-c4ccc(F)cc4)nnc23)c1. The van der Waals surface area contributed by atoms with E-state index in [0.29, 0.717) is 33.8 Å². The molecule has 0 spiro atoms. The molecule has 0 radical (unpaired) electrons. The Morgan fingerprint density at radius 3 is 2.56 bits per heavy atom. The summed E-state index contributed by atoms with van der Waals surface area (Å²) in [6.45, 7) is 0.197. The number of aromatic nitrogens is 4. The molecule has 158 valence electrons. The van der Waals surface area contributed by atoms with Gasteiger partial charge in [0.05, 0.1) is 17.4 Å². The number of benzene rings is 3. The number of anilines is 1. The fraction of sp³-hybridized carbons (Fsp3) is 0.0435. The summed E-state index contributed by atoms with van der Waals surface area (Å²) in [4.78, 5) is 24.5. The molecule has 0 atom stereocenters. The standard InChI is InChI=1S/C23H17FN6O2/c24-16-10-8-15(9-11-16)20-27-28-23-29(13-14-4-3-5-17(12-14)26-22(25)32)21(31)18-6-1-2-7-19(18)30(20)23/h1-12H,13H2,(H3,25,26,32). The van der Waals surface area contributed by atoms with Crippen molar-refractivity contribution in [3.63, 3.8) is 0 Å². The molecule has 5 rings (SSSR count). The maximum atomic E-state index is 13.4.